The number of allylic oxidation sites excluding steroid dienone is 9. The average molecular weight is 591 g/mol. The van der Waals surface area contributed by atoms with Gasteiger partial charge in [-0.1, -0.05) is 61.2 Å². The van der Waals surface area contributed by atoms with Crippen LogP contribution in [0.3, 0.4) is 0 Å². The molecule has 0 saturated heterocycles. The second kappa shape index (κ2) is 10.5. The van der Waals surface area contributed by atoms with Crippen LogP contribution in [0.2, 0.25) is 0 Å². The molecular weight excluding hydrogens is 566 g/mol. The zero-order chi connectivity index (χ0) is 31.4. The summed E-state index contributed by atoms with van der Waals surface area (Å²) in [5.41, 5.74) is -0.150. The van der Waals surface area contributed by atoms with Crippen LogP contribution in [-0.4, -0.2) is 12.4 Å². The maximum absolute atomic E-state index is 13.5. The standard InChI is InChI=1S/C35H24F6O2/c1-5-21(9-8-20(4)35(39,40)41)23-11-13-25-27-16-26-24-12-10-22(18(2)6-7-19(3)34(36,37)38)14-28(24)32(42)30(26)17-31(27)33(43)29(25)15-23/h5-17H,4H2,1-3H3/b9-8-,18-6+,19-7+,21-5+. The van der Waals surface area contributed by atoms with Crippen LogP contribution in [0.4, 0.5) is 26.3 Å². The monoisotopic (exact) mass is 590 g/mol. The SMILES string of the molecule is C=C(/C=C\C(=C/C)c1ccc2c(c1)c(=O)c1cc3c(=O)c4cc(/C(C)=C/C=C(\C)C(F)(F)F)ccc4c3cc12)C(F)(F)F. The molecule has 8 heteroatoms. The smallest absolute Gasteiger partial charge is 0.289 e. The van der Waals surface area contributed by atoms with E-state index in [0.717, 1.165) is 19.1 Å². The Balaban J connectivity index is 1.61. The van der Waals surface area contributed by atoms with E-state index in [1.54, 1.807) is 68.5 Å². The van der Waals surface area contributed by atoms with Crippen LogP contribution < -0.4 is 10.9 Å². The van der Waals surface area contributed by atoms with Crippen LogP contribution in [0, 0.1) is 0 Å². The Bertz CT molecular complexity index is 2180. The van der Waals surface area contributed by atoms with Crippen LogP contribution in [0.1, 0.15) is 31.9 Å². The van der Waals surface area contributed by atoms with Gasteiger partial charge in [0.15, 0.2) is 10.9 Å². The molecular formula is C35H24F6O2. The first-order valence-corrected chi connectivity index (χ1v) is 13.2. The van der Waals surface area contributed by atoms with Gasteiger partial charge in [-0.3, -0.25) is 9.59 Å². The maximum Gasteiger partial charge on any atom is 0.415 e. The topological polar surface area (TPSA) is 34.1 Å². The Morgan fingerprint density at radius 2 is 1.12 bits per heavy atom. The van der Waals surface area contributed by atoms with E-state index < -0.39 is 23.5 Å². The zero-order valence-corrected chi connectivity index (χ0v) is 23.3. The molecule has 0 atom stereocenters. The molecule has 0 aromatic heterocycles. The predicted molar refractivity (Wildman–Crippen MR) is 163 cm³/mol. The zero-order valence-electron chi connectivity index (χ0n) is 23.3. The van der Waals surface area contributed by atoms with Gasteiger partial charge in [0.2, 0.25) is 0 Å². The molecule has 43 heavy (non-hydrogen) atoms. The summed E-state index contributed by atoms with van der Waals surface area (Å²) in [5, 5.41) is 4.06. The molecule has 218 valence electrons. The number of alkyl halides is 6. The van der Waals surface area contributed by atoms with Crippen molar-refractivity contribution in [1.82, 2.24) is 0 Å². The van der Waals surface area contributed by atoms with Crippen LogP contribution in [0.25, 0.3) is 54.2 Å². The second-order valence-electron chi connectivity index (χ2n) is 10.4. The highest BCUT2D eigenvalue weighted by Gasteiger charge is 2.30. The minimum absolute atomic E-state index is 0.292. The van der Waals surface area contributed by atoms with Gasteiger partial charge < -0.3 is 0 Å². The summed E-state index contributed by atoms with van der Waals surface area (Å²) < 4.78 is 77.2. The van der Waals surface area contributed by atoms with E-state index in [1.807, 2.05) is 0 Å². The number of rotatable bonds is 5. The first kappa shape index (κ1) is 29.8. The molecule has 0 spiro atoms. The van der Waals surface area contributed by atoms with Gasteiger partial charge in [0.1, 0.15) is 0 Å². The summed E-state index contributed by atoms with van der Waals surface area (Å²) in [7, 11) is 0. The van der Waals surface area contributed by atoms with Crippen molar-refractivity contribution < 1.29 is 26.3 Å². The predicted octanol–water partition coefficient (Wildman–Crippen LogP) is 9.89. The molecule has 0 aliphatic rings. The fourth-order valence-electron chi connectivity index (χ4n) is 5.15. The minimum Gasteiger partial charge on any atom is -0.289 e. The summed E-state index contributed by atoms with van der Waals surface area (Å²) in [6.45, 7) is 7.37. The molecule has 0 aliphatic heterocycles. The Hall–Kier alpha value is -4.72. The molecule has 0 unspecified atom stereocenters. The molecule has 5 aromatic carbocycles. The normalized spacial score (nSPS) is 14.3. The largest absolute Gasteiger partial charge is 0.415 e. The highest BCUT2D eigenvalue weighted by atomic mass is 19.4. The molecule has 5 rings (SSSR count). The average Bonchev–Trinajstić information content (AvgIpc) is 3.39. The molecule has 0 N–H and O–H groups in total. The lowest BCUT2D eigenvalue weighted by Gasteiger charge is -2.06. The van der Waals surface area contributed by atoms with Crippen molar-refractivity contribution >= 4 is 54.2 Å². The Morgan fingerprint density at radius 1 is 0.628 bits per heavy atom. The summed E-state index contributed by atoms with van der Waals surface area (Å²) >= 11 is 0. The molecule has 0 bridgehead atoms. The number of benzene rings is 3. The van der Waals surface area contributed by atoms with Crippen molar-refractivity contribution in [3.63, 3.8) is 0 Å². The van der Waals surface area contributed by atoms with Crippen LogP contribution in [0.5, 0.6) is 0 Å². The lowest BCUT2D eigenvalue weighted by Crippen LogP contribution is -2.08. The molecule has 0 saturated carbocycles. The molecule has 0 fully saturated rings. The lowest BCUT2D eigenvalue weighted by atomic mass is 10.0. The van der Waals surface area contributed by atoms with Crippen molar-refractivity contribution in [1.29, 1.82) is 0 Å². The van der Waals surface area contributed by atoms with E-state index in [4.69, 9.17) is 0 Å². The van der Waals surface area contributed by atoms with Crippen LogP contribution in [0.15, 0.2) is 106 Å². The maximum atomic E-state index is 13.5. The van der Waals surface area contributed by atoms with Crippen LogP contribution in [-0.2, 0) is 0 Å². The van der Waals surface area contributed by atoms with Gasteiger partial charge in [-0.15, -0.1) is 0 Å². The molecule has 0 heterocycles. The molecule has 0 aliphatic carbocycles. The van der Waals surface area contributed by atoms with E-state index in [0.29, 0.717) is 65.4 Å². The molecule has 0 radical (unpaired) electrons. The van der Waals surface area contributed by atoms with Crippen molar-refractivity contribution in [2.45, 2.75) is 33.1 Å². The van der Waals surface area contributed by atoms with Gasteiger partial charge in [-0.25, -0.2) is 0 Å². The quantitative estimate of drug-likeness (QED) is 0.151. The fraction of sp³-hybridized carbons (Fsp3) is 0.143. The first-order valence-electron chi connectivity index (χ1n) is 13.2. The third-order valence-corrected chi connectivity index (χ3v) is 7.71. The third-order valence-electron chi connectivity index (χ3n) is 7.71. The number of halogens is 6. The summed E-state index contributed by atoms with van der Waals surface area (Å²) in [5.74, 6) is 0. The first-order chi connectivity index (χ1) is 20.1. The number of hydrogen-bond acceptors (Lipinski definition) is 2. The van der Waals surface area contributed by atoms with Crippen molar-refractivity contribution in [2.75, 3.05) is 0 Å². The Morgan fingerprint density at radius 3 is 1.63 bits per heavy atom. The van der Waals surface area contributed by atoms with Crippen LogP contribution >= 0.6 is 0 Å². The van der Waals surface area contributed by atoms with E-state index in [2.05, 4.69) is 6.58 Å². The third kappa shape index (κ3) is 5.33. The molecule has 2 nitrogen and oxygen atoms in total. The minimum atomic E-state index is -4.55. The van der Waals surface area contributed by atoms with Gasteiger partial charge in [0.05, 0.1) is 0 Å². The summed E-state index contributed by atoms with van der Waals surface area (Å²) in [6.07, 6.45) is -2.81. The summed E-state index contributed by atoms with van der Waals surface area (Å²) in [4.78, 5) is 26.9. The second-order valence-corrected chi connectivity index (χ2v) is 10.4. The van der Waals surface area contributed by atoms with E-state index >= 15 is 0 Å². The van der Waals surface area contributed by atoms with Gasteiger partial charge in [0.25, 0.3) is 0 Å². The van der Waals surface area contributed by atoms with Gasteiger partial charge >= 0.3 is 12.4 Å². The van der Waals surface area contributed by atoms with Gasteiger partial charge in [-0.05, 0) is 88.9 Å². The van der Waals surface area contributed by atoms with Gasteiger partial charge in [0, 0.05) is 32.7 Å². The van der Waals surface area contributed by atoms with E-state index in [-0.39, 0.29) is 10.9 Å². The van der Waals surface area contributed by atoms with Crippen molar-refractivity contribution in [3.05, 3.63) is 128 Å². The lowest BCUT2D eigenvalue weighted by molar-refractivity contribution is -0.0914. The van der Waals surface area contributed by atoms with Crippen molar-refractivity contribution in [2.24, 2.45) is 0 Å². The van der Waals surface area contributed by atoms with E-state index in [9.17, 15) is 35.9 Å². The van der Waals surface area contributed by atoms with E-state index in [1.165, 1.54) is 12.2 Å². The Kier molecular flexibility index (Phi) is 7.28. The van der Waals surface area contributed by atoms with Gasteiger partial charge in [-0.2, -0.15) is 26.3 Å². The highest BCUT2D eigenvalue weighted by Crippen LogP contribution is 2.35. The number of fused-ring (bicyclic) bond motifs is 6. The van der Waals surface area contributed by atoms with Crippen molar-refractivity contribution in [3.8, 4) is 0 Å². The summed E-state index contributed by atoms with van der Waals surface area (Å²) in [6, 6.07) is 13.6. The molecule has 5 aromatic rings. The highest BCUT2D eigenvalue weighted by molar-refractivity contribution is 6.21. The Labute approximate surface area is 241 Å². The fourth-order valence-corrected chi connectivity index (χ4v) is 5.15. The molecule has 0 amide bonds. The number of hydrogen-bond donors (Lipinski definition) is 0.